The summed E-state index contributed by atoms with van der Waals surface area (Å²) in [5.41, 5.74) is 5.63. The molecule has 0 radical (unpaired) electrons. The van der Waals surface area contributed by atoms with Crippen molar-refractivity contribution in [3.05, 3.63) is 0 Å². The highest BCUT2D eigenvalue weighted by molar-refractivity contribution is 8.00. The number of hydrogen-bond donors (Lipinski definition) is 2. The minimum atomic E-state index is -0.585. The first-order valence-electron chi connectivity index (χ1n) is 6.75. The van der Waals surface area contributed by atoms with E-state index in [1.165, 1.54) is 25.0 Å². The van der Waals surface area contributed by atoms with E-state index in [-0.39, 0.29) is 10.7 Å². The van der Waals surface area contributed by atoms with Crippen molar-refractivity contribution in [1.82, 2.24) is 5.32 Å². The molecule has 1 saturated heterocycles. The lowest BCUT2D eigenvalue weighted by molar-refractivity contribution is -0.127. The first kappa shape index (κ1) is 13.2. The van der Waals surface area contributed by atoms with E-state index in [2.05, 4.69) is 12.2 Å². The molecule has 1 saturated carbocycles. The molecule has 1 amide bonds. The van der Waals surface area contributed by atoms with Crippen molar-refractivity contribution in [2.75, 3.05) is 12.3 Å². The number of nitrogens with one attached hydrogen (secondary N) is 1. The Morgan fingerprint density at radius 1 is 1.24 bits per heavy atom. The largest absolute Gasteiger partial charge is 0.353 e. The van der Waals surface area contributed by atoms with Gasteiger partial charge in [-0.15, -0.1) is 0 Å². The number of nitrogens with two attached hydrogens (primary N) is 1. The van der Waals surface area contributed by atoms with Gasteiger partial charge in [0.1, 0.15) is 0 Å². The Morgan fingerprint density at radius 2 is 1.94 bits per heavy atom. The second-order valence-electron chi connectivity index (χ2n) is 5.80. The van der Waals surface area contributed by atoms with Crippen molar-refractivity contribution in [3.8, 4) is 0 Å². The Labute approximate surface area is 108 Å². The molecule has 1 heterocycles. The zero-order chi connectivity index (χ0) is 12.4. The van der Waals surface area contributed by atoms with Gasteiger partial charge in [0.15, 0.2) is 0 Å². The van der Waals surface area contributed by atoms with E-state index in [0.29, 0.717) is 0 Å². The SMILES string of the molecule is CC1(CNC(=O)C2(N)CCCCC2)CCCS1. The second kappa shape index (κ2) is 5.19. The van der Waals surface area contributed by atoms with E-state index in [1.54, 1.807) is 0 Å². The lowest BCUT2D eigenvalue weighted by atomic mass is 9.82. The smallest absolute Gasteiger partial charge is 0.240 e. The first-order valence-corrected chi connectivity index (χ1v) is 7.74. The van der Waals surface area contributed by atoms with E-state index in [4.69, 9.17) is 5.73 Å². The highest BCUT2D eigenvalue weighted by Gasteiger charge is 2.37. The summed E-state index contributed by atoms with van der Waals surface area (Å²) in [4.78, 5) is 12.2. The Morgan fingerprint density at radius 3 is 2.53 bits per heavy atom. The maximum Gasteiger partial charge on any atom is 0.240 e. The van der Waals surface area contributed by atoms with E-state index < -0.39 is 5.54 Å². The molecule has 2 rings (SSSR count). The summed E-state index contributed by atoms with van der Waals surface area (Å²) in [6.07, 6.45) is 7.58. The van der Waals surface area contributed by atoms with E-state index in [1.807, 2.05) is 11.8 Å². The molecule has 17 heavy (non-hydrogen) atoms. The zero-order valence-corrected chi connectivity index (χ0v) is 11.6. The van der Waals surface area contributed by atoms with Gasteiger partial charge in [-0.25, -0.2) is 0 Å². The molecule has 0 aromatic rings. The van der Waals surface area contributed by atoms with Gasteiger partial charge in [0.25, 0.3) is 0 Å². The molecule has 4 heteroatoms. The molecule has 1 aliphatic heterocycles. The molecule has 1 atom stereocenters. The minimum Gasteiger partial charge on any atom is -0.353 e. The number of carbonyl (C=O) groups excluding carboxylic acids is 1. The summed E-state index contributed by atoms with van der Waals surface area (Å²) in [6, 6.07) is 0. The Balaban J connectivity index is 1.84. The third kappa shape index (κ3) is 3.16. The normalized spacial score (nSPS) is 32.4. The van der Waals surface area contributed by atoms with Gasteiger partial charge in [-0.2, -0.15) is 11.8 Å². The predicted octanol–water partition coefficient (Wildman–Crippen LogP) is 2.05. The van der Waals surface area contributed by atoms with Crippen LogP contribution in [0.2, 0.25) is 0 Å². The minimum absolute atomic E-state index is 0.0749. The van der Waals surface area contributed by atoms with E-state index in [9.17, 15) is 4.79 Å². The fourth-order valence-electron chi connectivity index (χ4n) is 2.83. The van der Waals surface area contributed by atoms with Gasteiger partial charge >= 0.3 is 0 Å². The zero-order valence-electron chi connectivity index (χ0n) is 10.8. The number of thioether (sulfide) groups is 1. The fraction of sp³-hybridized carbons (Fsp3) is 0.923. The monoisotopic (exact) mass is 256 g/mol. The van der Waals surface area contributed by atoms with Gasteiger partial charge < -0.3 is 11.1 Å². The van der Waals surface area contributed by atoms with Crippen LogP contribution in [0.4, 0.5) is 0 Å². The molecule has 0 spiro atoms. The van der Waals surface area contributed by atoms with Crippen LogP contribution in [0.3, 0.4) is 0 Å². The molecule has 2 aliphatic rings. The van der Waals surface area contributed by atoms with Crippen LogP contribution in [0.5, 0.6) is 0 Å². The lowest BCUT2D eigenvalue weighted by Crippen LogP contribution is -2.56. The van der Waals surface area contributed by atoms with Crippen molar-refractivity contribution in [2.45, 2.75) is 62.2 Å². The third-order valence-corrected chi connectivity index (χ3v) is 5.66. The van der Waals surface area contributed by atoms with Crippen LogP contribution in [0.15, 0.2) is 0 Å². The molecule has 1 unspecified atom stereocenters. The Kier molecular flexibility index (Phi) is 4.03. The molecule has 3 nitrogen and oxygen atoms in total. The van der Waals surface area contributed by atoms with Gasteiger partial charge in [-0.05, 0) is 38.4 Å². The van der Waals surface area contributed by atoms with Crippen LogP contribution in [0.25, 0.3) is 0 Å². The summed E-state index contributed by atoms with van der Waals surface area (Å²) in [6.45, 7) is 3.02. The standard InChI is InChI=1S/C13H24N2OS/c1-12(6-5-9-17-12)10-15-11(16)13(14)7-3-2-4-8-13/h2-10,14H2,1H3,(H,15,16). The molecule has 98 valence electrons. The molecular formula is C13H24N2OS. The fourth-order valence-corrected chi connectivity index (χ4v) is 4.07. The van der Waals surface area contributed by atoms with E-state index >= 15 is 0 Å². The number of hydrogen-bond acceptors (Lipinski definition) is 3. The maximum absolute atomic E-state index is 12.2. The first-order chi connectivity index (χ1) is 8.04. The third-order valence-electron chi connectivity index (χ3n) is 4.12. The van der Waals surface area contributed by atoms with Crippen molar-refractivity contribution in [1.29, 1.82) is 0 Å². The number of amides is 1. The molecule has 0 aromatic heterocycles. The average Bonchev–Trinajstić information content (AvgIpc) is 2.75. The summed E-state index contributed by atoms with van der Waals surface area (Å²) >= 11 is 1.98. The second-order valence-corrected chi connectivity index (χ2v) is 7.48. The summed E-state index contributed by atoms with van der Waals surface area (Å²) < 4.78 is 0.237. The number of rotatable bonds is 3. The summed E-state index contributed by atoms with van der Waals surface area (Å²) in [5, 5.41) is 3.09. The van der Waals surface area contributed by atoms with Gasteiger partial charge in [0.05, 0.1) is 5.54 Å². The highest BCUT2D eigenvalue weighted by atomic mass is 32.2. The summed E-state index contributed by atoms with van der Waals surface area (Å²) in [5.74, 6) is 1.30. The quantitative estimate of drug-likeness (QED) is 0.812. The van der Waals surface area contributed by atoms with Crippen LogP contribution in [-0.2, 0) is 4.79 Å². The Bertz CT molecular complexity index is 281. The van der Waals surface area contributed by atoms with Crippen LogP contribution in [-0.4, -0.2) is 28.5 Å². The van der Waals surface area contributed by atoms with Crippen LogP contribution >= 0.6 is 11.8 Å². The van der Waals surface area contributed by atoms with Gasteiger partial charge in [0.2, 0.25) is 5.91 Å². The number of carbonyl (C=O) groups is 1. The molecule has 2 fully saturated rings. The van der Waals surface area contributed by atoms with Crippen LogP contribution in [0, 0.1) is 0 Å². The highest BCUT2D eigenvalue weighted by Crippen LogP contribution is 2.37. The van der Waals surface area contributed by atoms with Crippen molar-refractivity contribution in [3.63, 3.8) is 0 Å². The van der Waals surface area contributed by atoms with Crippen molar-refractivity contribution >= 4 is 17.7 Å². The lowest BCUT2D eigenvalue weighted by Gasteiger charge is -2.33. The molecule has 0 aromatic carbocycles. The predicted molar refractivity (Wildman–Crippen MR) is 73.1 cm³/mol. The Hall–Kier alpha value is -0.220. The maximum atomic E-state index is 12.2. The molecular weight excluding hydrogens is 232 g/mol. The van der Waals surface area contributed by atoms with E-state index in [0.717, 1.165) is 32.2 Å². The topological polar surface area (TPSA) is 55.1 Å². The molecule has 3 N–H and O–H groups in total. The van der Waals surface area contributed by atoms with Crippen molar-refractivity contribution < 1.29 is 4.79 Å². The van der Waals surface area contributed by atoms with Crippen LogP contribution < -0.4 is 11.1 Å². The van der Waals surface area contributed by atoms with Gasteiger partial charge in [-0.3, -0.25) is 4.79 Å². The van der Waals surface area contributed by atoms with Gasteiger partial charge in [-0.1, -0.05) is 19.3 Å². The average molecular weight is 256 g/mol. The van der Waals surface area contributed by atoms with Crippen molar-refractivity contribution in [2.24, 2.45) is 5.73 Å². The summed E-state index contributed by atoms with van der Waals surface area (Å²) in [7, 11) is 0. The molecule has 0 bridgehead atoms. The molecule has 1 aliphatic carbocycles. The van der Waals surface area contributed by atoms with Crippen LogP contribution in [0.1, 0.15) is 51.9 Å². The van der Waals surface area contributed by atoms with Gasteiger partial charge in [0, 0.05) is 11.3 Å².